The molecule has 8 rings (SSSR count). The highest BCUT2D eigenvalue weighted by Crippen LogP contribution is 2.37. The highest BCUT2D eigenvalue weighted by atomic mass is 16.3. The maximum Gasteiger partial charge on any atom is 0.180 e. The van der Waals surface area contributed by atoms with E-state index in [1.165, 1.54) is 0 Å². The Morgan fingerprint density at radius 2 is 0.930 bits per heavy atom. The number of fused-ring (bicyclic) bond motifs is 3. The lowest BCUT2D eigenvalue weighted by Crippen LogP contribution is -1.97. The number of benzene rings is 5. The number of hydrogen-bond donors (Lipinski definition) is 0. The standard InChI is InChI=1S/C38H24N4O/c1-4-13-25(14-5-1)31-24-32(40-37(39-31)26-15-6-2-7-16-26)28-19-12-20-29(23-28)34-36-35(30-21-10-11-22-33(30)43-36)42-38(41-34)27-17-8-3-9-18-27/h1-24H. The second kappa shape index (κ2) is 10.5. The molecule has 0 spiro atoms. The summed E-state index contributed by atoms with van der Waals surface area (Å²) in [5.74, 6) is 1.33. The third kappa shape index (κ3) is 4.63. The highest BCUT2D eigenvalue weighted by Gasteiger charge is 2.19. The summed E-state index contributed by atoms with van der Waals surface area (Å²) >= 11 is 0. The molecule has 0 atom stereocenters. The zero-order chi connectivity index (χ0) is 28.6. The first-order valence-corrected chi connectivity index (χ1v) is 14.2. The molecule has 0 fully saturated rings. The van der Waals surface area contributed by atoms with E-state index in [2.05, 4.69) is 30.3 Å². The van der Waals surface area contributed by atoms with Gasteiger partial charge in [0.05, 0.1) is 11.4 Å². The summed E-state index contributed by atoms with van der Waals surface area (Å²) in [5.41, 5.74) is 9.49. The first kappa shape index (κ1) is 24.8. The van der Waals surface area contributed by atoms with Crippen molar-refractivity contribution in [1.29, 1.82) is 0 Å². The van der Waals surface area contributed by atoms with E-state index >= 15 is 0 Å². The topological polar surface area (TPSA) is 64.7 Å². The summed E-state index contributed by atoms with van der Waals surface area (Å²) in [5, 5.41) is 0.963. The summed E-state index contributed by atoms with van der Waals surface area (Å²) in [6.45, 7) is 0. The summed E-state index contributed by atoms with van der Waals surface area (Å²) < 4.78 is 6.38. The average molecular weight is 553 g/mol. The minimum Gasteiger partial charge on any atom is -0.452 e. The van der Waals surface area contributed by atoms with Gasteiger partial charge in [-0.1, -0.05) is 121 Å². The molecule has 0 amide bonds. The van der Waals surface area contributed by atoms with Crippen molar-refractivity contribution in [2.24, 2.45) is 0 Å². The second-order valence-electron chi connectivity index (χ2n) is 10.3. The van der Waals surface area contributed by atoms with Gasteiger partial charge in [-0.15, -0.1) is 0 Å². The molecule has 0 bridgehead atoms. The minimum absolute atomic E-state index is 0.653. The molecule has 3 aromatic heterocycles. The van der Waals surface area contributed by atoms with Gasteiger partial charge in [0, 0.05) is 33.2 Å². The van der Waals surface area contributed by atoms with Gasteiger partial charge in [-0.05, 0) is 24.3 Å². The molecule has 43 heavy (non-hydrogen) atoms. The molecular formula is C38H24N4O. The van der Waals surface area contributed by atoms with Crippen molar-refractivity contribution in [2.45, 2.75) is 0 Å². The molecule has 0 aliphatic rings. The van der Waals surface area contributed by atoms with Crippen LogP contribution in [0.2, 0.25) is 0 Å². The van der Waals surface area contributed by atoms with Crippen LogP contribution in [0.4, 0.5) is 0 Å². The molecule has 0 unspecified atom stereocenters. The van der Waals surface area contributed by atoms with E-state index < -0.39 is 0 Å². The molecule has 0 radical (unpaired) electrons. The summed E-state index contributed by atoms with van der Waals surface area (Å²) in [4.78, 5) is 20.0. The average Bonchev–Trinajstić information content (AvgIpc) is 3.48. The first-order chi connectivity index (χ1) is 21.3. The van der Waals surface area contributed by atoms with Crippen molar-refractivity contribution in [3.05, 3.63) is 146 Å². The van der Waals surface area contributed by atoms with Crippen molar-refractivity contribution < 1.29 is 4.42 Å². The third-order valence-corrected chi connectivity index (χ3v) is 7.51. The van der Waals surface area contributed by atoms with Crippen molar-refractivity contribution in [2.75, 3.05) is 0 Å². The Morgan fingerprint density at radius 1 is 0.395 bits per heavy atom. The van der Waals surface area contributed by atoms with Gasteiger partial charge in [-0.2, -0.15) is 0 Å². The molecule has 0 N–H and O–H groups in total. The van der Waals surface area contributed by atoms with Crippen LogP contribution in [0.5, 0.6) is 0 Å². The van der Waals surface area contributed by atoms with Gasteiger partial charge >= 0.3 is 0 Å². The van der Waals surface area contributed by atoms with Crippen LogP contribution in [0.15, 0.2) is 150 Å². The number of aromatic nitrogens is 4. The van der Waals surface area contributed by atoms with Gasteiger partial charge in [-0.3, -0.25) is 0 Å². The SMILES string of the molecule is c1ccc(-c2cc(-c3cccc(-c4nc(-c5ccccc5)nc5c4oc4ccccc45)c3)nc(-c3ccccc3)n2)cc1. The number of hydrogen-bond acceptors (Lipinski definition) is 5. The fourth-order valence-corrected chi connectivity index (χ4v) is 5.40. The van der Waals surface area contributed by atoms with Gasteiger partial charge in [-0.25, -0.2) is 19.9 Å². The Kier molecular flexibility index (Phi) is 6.05. The molecule has 5 heteroatoms. The second-order valence-corrected chi connectivity index (χ2v) is 10.3. The normalized spacial score (nSPS) is 11.3. The molecule has 0 saturated carbocycles. The van der Waals surface area contributed by atoms with E-state index in [-0.39, 0.29) is 0 Å². The summed E-state index contributed by atoms with van der Waals surface area (Å²) in [6.07, 6.45) is 0. The smallest absolute Gasteiger partial charge is 0.180 e. The maximum absolute atomic E-state index is 6.38. The molecule has 202 valence electrons. The number of para-hydroxylation sites is 1. The maximum atomic E-state index is 6.38. The molecule has 0 aliphatic carbocycles. The van der Waals surface area contributed by atoms with Gasteiger partial charge in [0.15, 0.2) is 17.2 Å². The Bertz CT molecular complexity index is 2170. The minimum atomic E-state index is 0.653. The van der Waals surface area contributed by atoms with Gasteiger partial charge in [0.2, 0.25) is 0 Å². The van der Waals surface area contributed by atoms with E-state index in [1.54, 1.807) is 0 Å². The fourth-order valence-electron chi connectivity index (χ4n) is 5.40. The van der Waals surface area contributed by atoms with E-state index in [9.17, 15) is 0 Å². The zero-order valence-electron chi connectivity index (χ0n) is 23.1. The first-order valence-electron chi connectivity index (χ1n) is 14.2. The van der Waals surface area contributed by atoms with Gasteiger partial charge < -0.3 is 4.42 Å². The van der Waals surface area contributed by atoms with E-state index in [4.69, 9.17) is 24.4 Å². The zero-order valence-corrected chi connectivity index (χ0v) is 23.1. The molecule has 3 heterocycles. The molecule has 8 aromatic rings. The van der Waals surface area contributed by atoms with Crippen molar-refractivity contribution in [3.8, 4) is 56.5 Å². The van der Waals surface area contributed by atoms with E-state index in [0.717, 1.165) is 61.4 Å². The summed E-state index contributed by atoms with van der Waals surface area (Å²) in [6, 6.07) is 48.7. The lowest BCUT2D eigenvalue weighted by Gasteiger charge is -2.11. The quantitative estimate of drug-likeness (QED) is 0.213. The number of furan rings is 1. The predicted octanol–water partition coefficient (Wildman–Crippen LogP) is 9.50. The van der Waals surface area contributed by atoms with Crippen molar-refractivity contribution in [3.63, 3.8) is 0 Å². The Hall–Kier alpha value is -5.94. The fraction of sp³-hybridized carbons (Fsp3) is 0. The van der Waals surface area contributed by atoms with Crippen molar-refractivity contribution in [1.82, 2.24) is 19.9 Å². The number of nitrogens with zero attached hydrogens (tertiary/aromatic N) is 4. The van der Waals surface area contributed by atoms with Crippen LogP contribution in [0.3, 0.4) is 0 Å². The lowest BCUT2D eigenvalue weighted by molar-refractivity contribution is 0.667. The van der Waals surface area contributed by atoms with Gasteiger partial charge in [0.1, 0.15) is 16.8 Å². The molecule has 0 saturated heterocycles. The van der Waals surface area contributed by atoms with E-state index in [0.29, 0.717) is 17.2 Å². The summed E-state index contributed by atoms with van der Waals surface area (Å²) in [7, 11) is 0. The van der Waals surface area contributed by atoms with Crippen LogP contribution < -0.4 is 0 Å². The molecule has 0 aliphatic heterocycles. The van der Waals surface area contributed by atoms with Crippen LogP contribution in [0, 0.1) is 0 Å². The number of rotatable bonds is 5. The van der Waals surface area contributed by atoms with Gasteiger partial charge in [0.25, 0.3) is 0 Å². The third-order valence-electron chi connectivity index (χ3n) is 7.51. The molecular weight excluding hydrogens is 528 g/mol. The lowest BCUT2D eigenvalue weighted by atomic mass is 10.0. The van der Waals surface area contributed by atoms with Crippen LogP contribution in [-0.2, 0) is 0 Å². The Morgan fingerprint density at radius 3 is 1.63 bits per heavy atom. The van der Waals surface area contributed by atoms with Crippen molar-refractivity contribution >= 4 is 22.1 Å². The predicted molar refractivity (Wildman–Crippen MR) is 172 cm³/mol. The van der Waals surface area contributed by atoms with Crippen LogP contribution in [0.25, 0.3) is 78.6 Å². The van der Waals surface area contributed by atoms with Crippen LogP contribution in [-0.4, -0.2) is 19.9 Å². The molecule has 5 aromatic carbocycles. The Labute approximate surface area is 248 Å². The van der Waals surface area contributed by atoms with Crippen LogP contribution in [0.1, 0.15) is 0 Å². The largest absolute Gasteiger partial charge is 0.452 e. The van der Waals surface area contributed by atoms with Crippen LogP contribution >= 0.6 is 0 Å². The highest BCUT2D eigenvalue weighted by molar-refractivity contribution is 6.07. The Balaban J connectivity index is 1.33. The van der Waals surface area contributed by atoms with E-state index in [1.807, 2.05) is 115 Å². The monoisotopic (exact) mass is 552 g/mol. The molecule has 5 nitrogen and oxygen atoms in total.